The maximum atomic E-state index is 12.5. The monoisotopic (exact) mass is 338 g/mol. The van der Waals surface area contributed by atoms with E-state index in [0.29, 0.717) is 30.8 Å². The van der Waals surface area contributed by atoms with Gasteiger partial charge in [-0.25, -0.2) is 14.8 Å². The Morgan fingerprint density at radius 2 is 2.12 bits per heavy atom. The molecule has 134 valence electrons. The number of likely N-dealkylation sites (tertiary alicyclic amines) is 1. The van der Waals surface area contributed by atoms with Crippen LogP contribution >= 0.6 is 0 Å². The summed E-state index contributed by atoms with van der Waals surface area (Å²) in [6.45, 7) is 7.89. The van der Waals surface area contributed by atoms with Crippen LogP contribution in [0.15, 0.2) is 6.33 Å². The lowest BCUT2D eigenvalue weighted by Crippen LogP contribution is -2.46. The van der Waals surface area contributed by atoms with E-state index in [0.717, 1.165) is 0 Å². The standard InChI is InChI=1S/C16H26N4O4/c1-6-10-12(13(17)19-9-18-10)23-14-11(22-5)7-8-20(14)15(21)24-16(2,3)4/h9,11,14H,6-8H2,1-5H3,(H2,17,18,19). The molecule has 8 heteroatoms. The fourth-order valence-corrected chi connectivity index (χ4v) is 2.55. The SMILES string of the molecule is CCc1ncnc(N)c1OC1C(OC)CCN1C(=O)OC(C)(C)C. The van der Waals surface area contributed by atoms with Gasteiger partial charge in [-0.3, -0.25) is 4.90 Å². The second-order valence-electron chi connectivity index (χ2n) is 6.63. The van der Waals surface area contributed by atoms with Crippen LogP contribution in [-0.2, 0) is 15.9 Å². The quantitative estimate of drug-likeness (QED) is 0.896. The van der Waals surface area contributed by atoms with Gasteiger partial charge in [0, 0.05) is 13.7 Å². The van der Waals surface area contributed by atoms with Crippen molar-refractivity contribution in [1.29, 1.82) is 0 Å². The van der Waals surface area contributed by atoms with Crippen LogP contribution in [-0.4, -0.2) is 52.5 Å². The summed E-state index contributed by atoms with van der Waals surface area (Å²) in [7, 11) is 1.59. The Balaban J connectivity index is 2.25. The Bertz CT molecular complexity index is 588. The van der Waals surface area contributed by atoms with Crippen molar-refractivity contribution < 1.29 is 19.0 Å². The zero-order valence-corrected chi connectivity index (χ0v) is 14.9. The minimum Gasteiger partial charge on any atom is -0.462 e. The molecule has 0 radical (unpaired) electrons. The third-order valence-corrected chi connectivity index (χ3v) is 3.69. The fourth-order valence-electron chi connectivity index (χ4n) is 2.55. The van der Waals surface area contributed by atoms with Crippen LogP contribution in [0.1, 0.15) is 39.8 Å². The number of aromatic nitrogens is 2. The zero-order valence-electron chi connectivity index (χ0n) is 14.9. The molecule has 24 heavy (non-hydrogen) atoms. The molecule has 1 aromatic rings. The molecule has 0 saturated carbocycles. The van der Waals surface area contributed by atoms with Crippen molar-refractivity contribution in [2.45, 2.75) is 58.5 Å². The first-order valence-corrected chi connectivity index (χ1v) is 8.05. The average molecular weight is 338 g/mol. The molecule has 2 N–H and O–H groups in total. The van der Waals surface area contributed by atoms with Gasteiger partial charge in [0.1, 0.15) is 18.0 Å². The van der Waals surface area contributed by atoms with E-state index in [2.05, 4.69) is 9.97 Å². The second-order valence-corrected chi connectivity index (χ2v) is 6.63. The van der Waals surface area contributed by atoms with Gasteiger partial charge in [0.2, 0.25) is 6.23 Å². The van der Waals surface area contributed by atoms with Crippen molar-refractivity contribution in [1.82, 2.24) is 14.9 Å². The number of hydrogen-bond donors (Lipinski definition) is 1. The summed E-state index contributed by atoms with van der Waals surface area (Å²) in [4.78, 5) is 22.2. The lowest BCUT2D eigenvalue weighted by Gasteiger charge is -2.30. The largest absolute Gasteiger partial charge is 0.462 e. The first-order chi connectivity index (χ1) is 11.3. The van der Waals surface area contributed by atoms with Crippen LogP contribution in [0, 0.1) is 0 Å². The molecule has 2 unspecified atom stereocenters. The maximum absolute atomic E-state index is 12.5. The van der Waals surface area contributed by atoms with Gasteiger partial charge in [-0.1, -0.05) is 6.92 Å². The molecule has 2 heterocycles. The molecule has 1 saturated heterocycles. The third kappa shape index (κ3) is 4.05. The minimum atomic E-state index is -0.636. The Morgan fingerprint density at radius 1 is 1.42 bits per heavy atom. The van der Waals surface area contributed by atoms with E-state index in [-0.39, 0.29) is 11.9 Å². The highest BCUT2D eigenvalue weighted by Crippen LogP contribution is 2.30. The number of nitrogen functional groups attached to an aromatic ring is 1. The van der Waals surface area contributed by atoms with E-state index in [1.807, 2.05) is 27.7 Å². The Kier molecular flexibility index (Phi) is 5.48. The molecule has 1 aliphatic heterocycles. The molecule has 0 aromatic carbocycles. The van der Waals surface area contributed by atoms with Gasteiger partial charge in [0.05, 0.1) is 5.69 Å². The summed E-state index contributed by atoms with van der Waals surface area (Å²) in [5.74, 6) is 0.634. The fraction of sp³-hybridized carbons (Fsp3) is 0.688. The third-order valence-electron chi connectivity index (χ3n) is 3.69. The number of anilines is 1. The van der Waals surface area contributed by atoms with E-state index in [1.54, 1.807) is 7.11 Å². The van der Waals surface area contributed by atoms with Crippen LogP contribution in [0.25, 0.3) is 0 Å². The van der Waals surface area contributed by atoms with Gasteiger partial charge in [-0.05, 0) is 33.6 Å². The molecule has 0 spiro atoms. The van der Waals surface area contributed by atoms with Gasteiger partial charge in [0.25, 0.3) is 0 Å². The van der Waals surface area contributed by atoms with Gasteiger partial charge in [-0.15, -0.1) is 0 Å². The van der Waals surface area contributed by atoms with Crippen molar-refractivity contribution in [2.24, 2.45) is 0 Å². The van der Waals surface area contributed by atoms with Crippen molar-refractivity contribution in [3.05, 3.63) is 12.0 Å². The van der Waals surface area contributed by atoms with Crippen LogP contribution in [0.4, 0.5) is 10.6 Å². The predicted molar refractivity (Wildman–Crippen MR) is 88.6 cm³/mol. The molecular formula is C16H26N4O4. The highest BCUT2D eigenvalue weighted by molar-refractivity contribution is 5.69. The van der Waals surface area contributed by atoms with Crippen molar-refractivity contribution >= 4 is 11.9 Å². The number of methoxy groups -OCH3 is 1. The molecule has 1 amide bonds. The van der Waals surface area contributed by atoms with Gasteiger partial charge in [0.15, 0.2) is 11.6 Å². The highest BCUT2D eigenvalue weighted by Gasteiger charge is 2.41. The molecule has 1 aliphatic rings. The number of nitrogens with two attached hydrogens (primary N) is 1. The van der Waals surface area contributed by atoms with Gasteiger partial charge in [-0.2, -0.15) is 0 Å². The van der Waals surface area contributed by atoms with E-state index in [9.17, 15) is 4.79 Å². The number of ether oxygens (including phenoxy) is 3. The minimum absolute atomic E-state index is 0.243. The van der Waals surface area contributed by atoms with Crippen molar-refractivity contribution in [3.63, 3.8) is 0 Å². The number of amides is 1. The summed E-state index contributed by atoms with van der Waals surface area (Å²) in [5.41, 5.74) is 6.03. The van der Waals surface area contributed by atoms with Gasteiger partial charge < -0.3 is 19.9 Å². The van der Waals surface area contributed by atoms with Crippen molar-refractivity contribution in [2.75, 3.05) is 19.4 Å². The molecule has 1 fully saturated rings. The van der Waals surface area contributed by atoms with Crippen LogP contribution < -0.4 is 10.5 Å². The average Bonchev–Trinajstić information content (AvgIpc) is 2.90. The zero-order chi connectivity index (χ0) is 17.9. The molecule has 2 rings (SSSR count). The Labute approximate surface area is 142 Å². The summed E-state index contributed by atoms with van der Waals surface area (Å²) in [6.07, 6.45) is 1.33. The molecule has 8 nitrogen and oxygen atoms in total. The second kappa shape index (κ2) is 7.21. The smallest absolute Gasteiger partial charge is 0.413 e. The van der Waals surface area contributed by atoms with Crippen LogP contribution in [0.5, 0.6) is 5.75 Å². The topological polar surface area (TPSA) is 99.8 Å². The Hall–Kier alpha value is -2.09. The van der Waals surface area contributed by atoms with E-state index < -0.39 is 17.9 Å². The number of carbonyl (C=O) groups excluding carboxylic acids is 1. The number of nitrogens with zero attached hydrogens (tertiary/aromatic N) is 3. The molecular weight excluding hydrogens is 312 g/mol. The summed E-state index contributed by atoms with van der Waals surface area (Å²) >= 11 is 0. The predicted octanol–water partition coefficient (Wildman–Crippen LogP) is 1.98. The molecule has 0 bridgehead atoms. The van der Waals surface area contributed by atoms with E-state index in [4.69, 9.17) is 19.9 Å². The summed E-state index contributed by atoms with van der Waals surface area (Å²) in [6, 6.07) is 0. The highest BCUT2D eigenvalue weighted by atomic mass is 16.6. The maximum Gasteiger partial charge on any atom is 0.413 e. The number of hydrogen-bond acceptors (Lipinski definition) is 7. The molecule has 2 atom stereocenters. The summed E-state index contributed by atoms with van der Waals surface area (Å²) in [5, 5.41) is 0. The molecule has 1 aromatic heterocycles. The molecule has 0 aliphatic carbocycles. The lowest BCUT2D eigenvalue weighted by molar-refractivity contribution is -0.0483. The van der Waals surface area contributed by atoms with E-state index >= 15 is 0 Å². The number of aryl methyl sites for hydroxylation is 1. The van der Waals surface area contributed by atoms with Crippen molar-refractivity contribution in [3.8, 4) is 5.75 Å². The summed E-state index contributed by atoms with van der Waals surface area (Å²) < 4.78 is 17.0. The Morgan fingerprint density at radius 3 is 2.71 bits per heavy atom. The lowest BCUT2D eigenvalue weighted by atomic mass is 10.2. The van der Waals surface area contributed by atoms with E-state index in [1.165, 1.54) is 11.2 Å². The number of carbonyl (C=O) groups is 1. The van der Waals surface area contributed by atoms with Crippen LogP contribution in [0.3, 0.4) is 0 Å². The van der Waals surface area contributed by atoms with Crippen LogP contribution in [0.2, 0.25) is 0 Å². The first-order valence-electron chi connectivity index (χ1n) is 8.05. The number of rotatable bonds is 4. The first kappa shape index (κ1) is 18.3. The normalized spacial score (nSPS) is 21.0. The van der Waals surface area contributed by atoms with Gasteiger partial charge >= 0.3 is 6.09 Å².